The molecule has 4 nitrogen and oxygen atoms in total. The number of nitrogens with one attached hydrogen (secondary N) is 1. The fourth-order valence-electron chi connectivity index (χ4n) is 1.75. The van der Waals surface area contributed by atoms with Gasteiger partial charge in [0.2, 0.25) is 0 Å². The van der Waals surface area contributed by atoms with Crippen LogP contribution in [0.5, 0.6) is 0 Å². The van der Waals surface area contributed by atoms with Crippen molar-refractivity contribution in [2.75, 3.05) is 0 Å². The second-order valence-electron chi connectivity index (χ2n) is 3.85. The molecule has 1 unspecified atom stereocenters. The van der Waals surface area contributed by atoms with Crippen LogP contribution in [0.15, 0.2) is 28.3 Å². The minimum absolute atomic E-state index is 0.168. The Balaban J connectivity index is 2.02. The van der Waals surface area contributed by atoms with Gasteiger partial charge < -0.3 is 4.57 Å². The van der Waals surface area contributed by atoms with E-state index in [9.17, 15) is 0 Å². The summed E-state index contributed by atoms with van der Waals surface area (Å²) in [6, 6.07) is 2.21. The van der Waals surface area contributed by atoms with Crippen LogP contribution in [0.4, 0.5) is 0 Å². The molecule has 0 aliphatic carbocycles. The van der Waals surface area contributed by atoms with Gasteiger partial charge in [-0.3, -0.25) is 11.3 Å². The van der Waals surface area contributed by atoms with Gasteiger partial charge in [-0.05, 0) is 33.8 Å². The SMILES string of the molecule is Cn1ccnc1CCC(NN)c1sccc1Br. The van der Waals surface area contributed by atoms with Gasteiger partial charge in [0.15, 0.2) is 0 Å². The number of hydrazine groups is 1. The topological polar surface area (TPSA) is 55.9 Å². The highest BCUT2D eigenvalue weighted by Gasteiger charge is 2.15. The number of nitrogens with two attached hydrogens (primary N) is 1. The van der Waals surface area contributed by atoms with Gasteiger partial charge in [-0.2, -0.15) is 0 Å². The Kier molecular flexibility index (Phi) is 4.33. The standard InChI is InChI=1S/C11H15BrN4S/c1-16-6-5-14-10(16)3-2-9(15-13)11-8(12)4-7-17-11/h4-7,9,15H,2-3,13H2,1H3. The molecule has 0 fully saturated rings. The number of aromatic nitrogens is 2. The molecule has 0 saturated heterocycles. The van der Waals surface area contributed by atoms with Crippen molar-refractivity contribution in [3.05, 3.63) is 39.0 Å². The molecular weight excluding hydrogens is 300 g/mol. The zero-order chi connectivity index (χ0) is 12.3. The molecule has 1 atom stereocenters. The van der Waals surface area contributed by atoms with Gasteiger partial charge in [-0.15, -0.1) is 11.3 Å². The smallest absolute Gasteiger partial charge is 0.108 e. The van der Waals surface area contributed by atoms with Crippen LogP contribution in [0, 0.1) is 0 Å². The predicted molar refractivity (Wildman–Crippen MR) is 73.6 cm³/mol. The average molecular weight is 315 g/mol. The third kappa shape index (κ3) is 2.95. The molecule has 0 bridgehead atoms. The van der Waals surface area contributed by atoms with Gasteiger partial charge in [0.1, 0.15) is 5.82 Å². The maximum atomic E-state index is 5.62. The monoisotopic (exact) mass is 314 g/mol. The Bertz CT molecular complexity index is 479. The van der Waals surface area contributed by atoms with Crippen LogP contribution in [0.3, 0.4) is 0 Å². The van der Waals surface area contributed by atoms with Crippen LogP contribution in [0.2, 0.25) is 0 Å². The summed E-state index contributed by atoms with van der Waals surface area (Å²) in [6.07, 6.45) is 5.62. The summed E-state index contributed by atoms with van der Waals surface area (Å²) in [4.78, 5) is 5.55. The van der Waals surface area contributed by atoms with Gasteiger partial charge in [-0.1, -0.05) is 0 Å². The first-order chi connectivity index (χ1) is 8.22. The lowest BCUT2D eigenvalue weighted by Crippen LogP contribution is -2.28. The molecule has 0 amide bonds. The molecule has 2 aromatic heterocycles. The van der Waals surface area contributed by atoms with Crippen LogP contribution >= 0.6 is 27.3 Å². The number of halogens is 1. The van der Waals surface area contributed by atoms with Crippen molar-refractivity contribution in [3.8, 4) is 0 Å². The first-order valence-electron chi connectivity index (χ1n) is 5.37. The van der Waals surface area contributed by atoms with Crippen LogP contribution in [-0.4, -0.2) is 9.55 Å². The number of nitrogens with zero attached hydrogens (tertiary/aromatic N) is 2. The predicted octanol–water partition coefficient (Wildman–Crippen LogP) is 2.38. The number of thiophene rings is 1. The van der Waals surface area contributed by atoms with E-state index in [-0.39, 0.29) is 6.04 Å². The maximum absolute atomic E-state index is 5.62. The number of hydrogen-bond donors (Lipinski definition) is 2. The lowest BCUT2D eigenvalue weighted by atomic mass is 10.1. The van der Waals surface area contributed by atoms with Crippen LogP contribution in [-0.2, 0) is 13.5 Å². The lowest BCUT2D eigenvalue weighted by Gasteiger charge is -2.14. The van der Waals surface area contributed by atoms with Crippen LogP contribution < -0.4 is 11.3 Å². The number of aryl methyl sites for hydroxylation is 2. The second-order valence-corrected chi connectivity index (χ2v) is 5.65. The van der Waals surface area contributed by atoms with Gasteiger partial charge in [-0.25, -0.2) is 4.98 Å². The summed E-state index contributed by atoms with van der Waals surface area (Å²) in [6.45, 7) is 0. The molecule has 0 spiro atoms. The van der Waals surface area contributed by atoms with E-state index in [1.54, 1.807) is 11.3 Å². The van der Waals surface area contributed by atoms with E-state index in [0.717, 1.165) is 23.1 Å². The van der Waals surface area contributed by atoms with Crippen LogP contribution in [0.25, 0.3) is 0 Å². The first-order valence-corrected chi connectivity index (χ1v) is 7.05. The fourth-order valence-corrected chi connectivity index (χ4v) is 3.50. The van der Waals surface area contributed by atoms with Crippen molar-refractivity contribution in [2.45, 2.75) is 18.9 Å². The Hall–Kier alpha value is -0.690. The highest BCUT2D eigenvalue weighted by atomic mass is 79.9. The molecule has 2 rings (SSSR count). The summed E-state index contributed by atoms with van der Waals surface area (Å²) in [7, 11) is 2.01. The minimum atomic E-state index is 0.168. The van der Waals surface area contributed by atoms with E-state index in [1.165, 1.54) is 4.88 Å². The average Bonchev–Trinajstić information content (AvgIpc) is 2.90. The summed E-state index contributed by atoms with van der Waals surface area (Å²) in [5.74, 6) is 6.70. The summed E-state index contributed by atoms with van der Waals surface area (Å²) in [5, 5.41) is 2.06. The zero-order valence-corrected chi connectivity index (χ0v) is 12.0. The van der Waals surface area contributed by atoms with E-state index in [0.29, 0.717) is 0 Å². The third-order valence-electron chi connectivity index (χ3n) is 2.74. The maximum Gasteiger partial charge on any atom is 0.108 e. The molecule has 0 aliphatic rings. The highest BCUT2D eigenvalue weighted by molar-refractivity contribution is 9.10. The summed E-state index contributed by atoms with van der Waals surface area (Å²) < 4.78 is 3.15. The van der Waals surface area contributed by atoms with Crippen molar-refractivity contribution in [3.63, 3.8) is 0 Å². The number of imidazole rings is 1. The molecule has 6 heteroatoms. The molecule has 2 heterocycles. The molecule has 0 radical (unpaired) electrons. The Labute approximate surface area is 113 Å². The van der Waals surface area contributed by atoms with Crippen molar-refractivity contribution in [1.82, 2.24) is 15.0 Å². The fraction of sp³-hybridized carbons (Fsp3) is 0.364. The largest absolute Gasteiger partial charge is 0.338 e. The third-order valence-corrected chi connectivity index (χ3v) is 4.72. The van der Waals surface area contributed by atoms with Gasteiger partial charge in [0.05, 0.1) is 6.04 Å². The molecule has 2 aromatic rings. The molecule has 0 aliphatic heterocycles. The first kappa shape index (κ1) is 12.8. The molecule has 0 saturated carbocycles. The van der Waals surface area contributed by atoms with E-state index in [1.807, 2.05) is 30.1 Å². The van der Waals surface area contributed by atoms with Gasteiger partial charge >= 0.3 is 0 Å². The molecule has 17 heavy (non-hydrogen) atoms. The van der Waals surface area contributed by atoms with Crippen molar-refractivity contribution in [2.24, 2.45) is 12.9 Å². The molecule has 3 N–H and O–H groups in total. The molecular formula is C11H15BrN4S. The minimum Gasteiger partial charge on any atom is -0.338 e. The van der Waals surface area contributed by atoms with Crippen molar-refractivity contribution < 1.29 is 0 Å². The van der Waals surface area contributed by atoms with Crippen molar-refractivity contribution >= 4 is 27.3 Å². The quantitative estimate of drug-likeness (QED) is 0.658. The Morgan fingerprint density at radius 2 is 2.47 bits per heavy atom. The van der Waals surface area contributed by atoms with E-state index < -0.39 is 0 Å². The van der Waals surface area contributed by atoms with Crippen LogP contribution in [0.1, 0.15) is 23.2 Å². The summed E-state index contributed by atoms with van der Waals surface area (Å²) >= 11 is 5.24. The van der Waals surface area contributed by atoms with Crippen molar-refractivity contribution in [1.29, 1.82) is 0 Å². The van der Waals surface area contributed by atoms with E-state index in [2.05, 4.69) is 31.7 Å². The zero-order valence-electron chi connectivity index (χ0n) is 9.56. The Morgan fingerprint density at radius 1 is 1.65 bits per heavy atom. The normalized spacial score (nSPS) is 12.9. The highest BCUT2D eigenvalue weighted by Crippen LogP contribution is 2.30. The van der Waals surface area contributed by atoms with Gasteiger partial charge in [0.25, 0.3) is 0 Å². The lowest BCUT2D eigenvalue weighted by molar-refractivity contribution is 0.512. The molecule has 0 aromatic carbocycles. The Morgan fingerprint density at radius 3 is 3.00 bits per heavy atom. The van der Waals surface area contributed by atoms with E-state index >= 15 is 0 Å². The van der Waals surface area contributed by atoms with E-state index in [4.69, 9.17) is 5.84 Å². The molecule has 92 valence electrons. The summed E-state index contributed by atoms with van der Waals surface area (Å²) in [5.41, 5.74) is 2.87. The number of rotatable bonds is 5. The number of hydrogen-bond acceptors (Lipinski definition) is 4. The van der Waals surface area contributed by atoms with Gasteiger partial charge in [0, 0.05) is 35.2 Å². The second kappa shape index (κ2) is 5.77.